The van der Waals surface area contributed by atoms with Crippen LogP contribution in [0.25, 0.3) is 0 Å². The summed E-state index contributed by atoms with van der Waals surface area (Å²) in [5.41, 5.74) is 6.55. The first-order valence-corrected chi connectivity index (χ1v) is 10.5. The Bertz CT molecular complexity index is 1200. The molecule has 0 aliphatic heterocycles. The molecule has 0 fully saturated rings. The largest absolute Gasteiger partial charge is 0.483 e. The van der Waals surface area contributed by atoms with Crippen molar-refractivity contribution in [2.45, 2.75) is 32.7 Å². The van der Waals surface area contributed by atoms with Crippen molar-refractivity contribution in [3.05, 3.63) is 86.6 Å². The fourth-order valence-corrected chi connectivity index (χ4v) is 3.42. The van der Waals surface area contributed by atoms with Gasteiger partial charge in [0.05, 0.1) is 6.54 Å². The number of para-hydroxylation sites is 1. The minimum absolute atomic E-state index is 0.0848. The highest BCUT2D eigenvalue weighted by atomic mass is 16.5. The number of nitrogens with one attached hydrogen (secondary N) is 1. The number of anilines is 2. The Labute approximate surface area is 186 Å². The lowest BCUT2D eigenvalue weighted by Crippen LogP contribution is -2.41. The van der Waals surface area contributed by atoms with Crippen LogP contribution in [0.4, 0.5) is 11.5 Å². The van der Waals surface area contributed by atoms with Crippen molar-refractivity contribution < 1.29 is 9.53 Å². The quantitative estimate of drug-likeness (QED) is 0.564. The van der Waals surface area contributed by atoms with Crippen LogP contribution in [0.1, 0.15) is 37.3 Å². The number of hydrogen-bond donors (Lipinski definition) is 2. The lowest BCUT2D eigenvalue weighted by atomic mass is 9.98. The Morgan fingerprint density at radius 2 is 1.78 bits per heavy atom. The van der Waals surface area contributed by atoms with Gasteiger partial charge in [-0.15, -0.1) is 0 Å². The molecule has 168 valence electrons. The van der Waals surface area contributed by atoms with Crippen LogP contribution in [0.2, 0.25) is 0 Å². The number of nitrogen functional groups attached to an aromatic ring is 1. The van der Waals surface area contributed by atoms with E-state index in [1.165, 1.54) is 11.6 Å². The van der Waals surface area contributed by atoms with E-state index in [0.29, 0.717) is 5.75 Å². The second-order valence-electron chi connectivity index (χ2n) is 7.65. The van der Waals surface area contributed by atoms with Gasteiger partial charge in [-0.25, -0.2) is 4.79 Å². The fourth-order valence-electron chi connectivity index (χ4n) is 3.42. The van der Waals surface area contributed by atoms with Gasteiger partial charge in [0.2, 0.25) is 0 Å². The molecule has 3 N–H and O–H groups in total. The molecule has 0 spiro atoms. The van der Waals surface area contributed by atoms with Crippen LogP contribution in [0, 0.1) is 0 Å². The third-order valence-corrected chi connectivity index (χ3v) is 5.52. The van der Waals surface area contributed by atoms with Crippen molar-refractivity contribution in [3.63, 3.8) is 0 Å². The van der Waals surface area contributed by atoms with Crippen LogP contribution in [0.5, 0.6) is 5.75 Å². The predicted molar refractivity (Wildman–Crippen MR) is 125 cm³/mol. The topological polar surface area (TPSA) is 110 Å². The summed E-state index contributed by atoms with van der Waals surface area (Å²) in [5.74, 6) is 0.350. The molecule has 8 heteroatoms. The van der Waals surface area contributed by atoms with Crippen molar-refractivity contribution in [1.82, 2.24) is 9.55 Å². The second kappa shape index (κ2) is 10.00. The number of ether oxygens (including phenoxy) is 1. The van der Waals surface area contributed by atoms with Crippen LogP contribution in [-0.2, 0) is 11.3 Å². The highest BCUT2D eigenvalue weighted by Crippen LogP contribution is 2.28. The van der Waals surface area contributed by atoms with Gasteiger partial charge < -0.3 is 15.4 Å². The van der Waals surface area contributed by atoms with Gasteiger partial charge in [0.25, 0.3) is 11.5 Å². The Balaban J connectivity index is 1.84. The Morgan fingerprint density at radius 1 is 1.12 bits per heavy atom. The summed E-state index contributed by atoms with van der Waals surface area (Å²) in [5, 5.41) is 0. The van der Waals surface area contributed by atoms with Gasteiger partial charge in [-0.1, -0.05) is 62.4 Å². The highest BCUT2D eigenvalue weighted by molar-refractivity contribution is 5.96. The smallest absolute Gasteiger partial charge is 0.330 e. The average molecular weight is 437 g/mol. The summed E-state index contributed by atoms with van der Waals surface area (Å²) < 4.78 is 7.01. The molecule has 1 unspecified atom stereocenters. The Hall–Kier alpha value is -3.81. The van der Waals surface area contributed by atoms with Crippen LogP contribution in [-0.4, -0.2) is 29.1 Å². The van der Waals surface area contributed by atoms with E-state index in [0.717, 1.165) is 22.4 Å². The zero-order valence-corrected chi connectivity index (χ0v) is 18.5. The molecule has 0 aliphatic rings. The van der Waals surface area contributed by atoms with Gasteiger partial charge in [-0.2, -0.15) is 0 Å². The lowest BCUT2D eigenvalue weighted by molar-refractivity contribution is -0.120. The standard InChI is InChI=1S/C24H28N4O4/c1-4-16(2)18-12-8-9-13-19(18)32-15-20(29)27(3)21-22(25)28(24(31)26-23(21)30)14-17-10-6-5-7-11-17/h5-13,16H,4,14-15,25H2,1-3H3,(H,26,30,31). The zero-order chi connectivity index (χ0) is 23.3. The number of carbonyl (C=O) groups is 1. The normalized spacial score (nSPS) is 11.7. The summed E-state index contributed by atoms with van der Waals surface area (Å²) >= 11 is 0. The van der Waals surface area contributed by atoms with Gasteiger partial charge in [-0.05, 0) is 29.5 Å². The SMILES string of the molecule is CCC(C)c1ccccc1OCC(=O)N(C)c1c(N)n(Cc2ccccc2)c(=O)[nH]c1=O. The van der Waals surface area contributed by atoms with Gasteiger partial charge >= 0.3 is 5.69 Å². The number of nitrogens with two attached hydrogens (primary N) is 1. The minimum atomic E-state index is -0.729. The highest BCUT2D eigenvalue weighted by Gasteiger charge is 2.22. The molecule has 1 amide bonds. The number of likely N-dealkylation sites (N-methyl/N-ethyl adjacent to an activating group) is 1. The number of carbonyl (C=O) groups excluding carboxylic acids is 1. The first kappa shape index (κ1) is 22.9. The van der Waals surface area contributed by atoms with Crippen molar-refractivity contribution in [1.29, 1.82) is 0 Å². The molecule has 1 aromatic heterocycles. The van der Waals surface area contributed by atoms with Crippen molar-refractivity contribution in [2.75, 3.05) is 24.3 Å². The molecule has 3 rings (SSSR count). The van der Waals surface area contributed by atoms with E-state index in [1.54, 1.807) is 0 Å². The lowest BCUT2D eigenvalue weighted by Gasteiger charge is -2.21. The number of hydrogen-bond acceptors (Lipinski definition) is 5. The predicted octanol–water partition coefficient (Wildman–Crippen LogP) is 2.72. The van der Waals surface area contributed by atoms with E-state index in [-0.39, 0.29) is 30.6 Å². The first-order chi connectivity index (χ1) is 15.3. The minimum Gasteiger partial charge on any atom is -0.483 e. The average Bonchev–Trinajstić information content (AvgIpc) is 2.80. The third-order valence-electron chi connectivity index (χ3n) is 5.52. The van der Waals surface area contributed by atoms with E-state index in [4.69, 9.17) is 10.5 Å². The number of rotatable bonds is 8. The Morgan fingerprint density at radius 3 is 2.47 bits per heavy atom. The van der Waals surface area contributed by atoms with Gasteiger partial charge in [-0.3, -0.25) is 19.1 Å². The van der Waals surface area contributed by atoms with Crippen LogP contribution in [0.15, 0.2) is 64.2 Å². The molecule has 0 saturated heterocycles. The summed E-state index contributed by atoms with van der Waals surface area (Å²) in [6.07, 6.45) is 0.934. The van der Waals surface area contributed by atoms with Crippen molar-refractivity contribution in [2.24, 2.45) is 0 Å². The number of nitrogens with zero attached hydrogens (tertiary/aromatic N) is 2. The van der Waals surface area contributed by atoms with E-state index >= 15 is 0 Å². The number of aromatic nitrogens is 2. The van der Waals surface area contributed by atoms with Gasteiger partial charge in [0.1, 0.15) is 11.6 Å². The Kier molecular flexibility index (Phi) is 7.14. The number of aromatic amines is 1. The van der Waals surface area contributed by atoms with Crippen LogP contribution in [0.3, 0.4) is 0 Å². The summed E-state index contributed by atoms with van der Waals surface area (Å²) in [6.45, 7) is 4.06. The van der Waals surface area contributed by atoms with Crippen molar-refractivity contribution in [3.8, 4) is 5.75 Å². The summed E-state index contributed by atoms with van der Waals surface area (Å²) in [7, 11) is 1.44. The third kappa shape index (κ3) is 4.91. The molecule has 8 nitrogen and oxygen atoms in total. The van der Waals surface area contributed by atoms with Crippen LogP contribution >= 0.6 is 0 Å². The molecule has 3 aromatic rings. The van der Waals surface area contributed by atoms with Crippen molar-refractivity contribution >= 4 is 17.4 Å². The van der Waals surface area contributed by atoms with Gasteiger partial charge in [0, 0.05) is 7.05 Å². The van der Waals surface area contributed by atoms with Crippen LogP contribution < -0.4 is 26.6 Å². The van der Waals surface area contributed by atoms with E-state index < -0.39 is 17.2 Å². The second-order valence-corrected chi connectivity index (χ2v) is 7.65. The molecule has 0 radical (unpaired) electrons. The maximum atomic E-state index is 12.8. The molecule has 32 heavy (non-hydrogen) atoms. The molecule has 1 atom stereocenters. The fraction of sp³-hybridized carbons (Fsp3) is 0.292. The monoisotopic (exact) mass is 436 g/mol. The number of benzene rings is 2. The first-order valence-electron chi connectivity index (χ1n) is 10.5. The van der Waals surface area contributed by atoms with E-state index in [1.807, 2.05) is 54.6 Å². The number of H-pyrrole nitrogens is 1. The molecule has 1 heterocycles. The summed E-state index contributed by atoms with van der Waals surface area (Å²) in [4.78, 5) is 41.0. The molecule has 0 saturated carbocycles. The molecular weight excluding hydrogens is 408 g/mol. The maximum absolute atomic E-state index is 12.8. The molecule has 0 aliphatic carbocycles. The molecule has 2 aromatic carbocycles. The maximum Gasteiger partial charge on any atom is 0.330 e. The van der Waals surface area contributed by atoms with Gasteiger partial charge in [0.15, 0.2) is 12.3 Å². The molecular formula is C24H28N4O4. The number of amides is 1. The molecule has 0 bridgehead atoms. The van der Waals surface area contributed by atoms with E-state index in [9.17, 15) is 14.4 Å². The summed E-state index contributed by atoms with van der Waals surface area (Å²) in [6, 6.07) is 16.8. The zero-order valence-electron chi connectivity index (χ0n) is 18.5. The van der Waals surface area contributed by atoms with E-state index in [2.05, 4.69) is 18.8 Å².